The molecule has 2 aromatic carbocycles. The third-order valence-corrected chi connectivity index (χ3v) is 3.10. The molecule has 0 N–H and O–H groups in total. The molecule has 6 nitrogen and oxygen atoms in total. The van der Waals surface area contributed by atoms with Gasteiger partial charge in [-0.3, -0.25) is 10.1 Å². The van der Waals surface area contributed by atoms with E-state index >= 15 is 0 Å². The van der Waals surface area contributed by atoms with Crippen molar-refractivity contribution in [2.45, 2.75) is 6.54 Å². The van der Waals surface area contributed by atoms with Gasteiger partial charge in [0.15, 0.2) is 0 Å². The minimum Gasteiger partial charge on any atom is -0.855 e. The number of benzene rings is 2. The highest BCUT2D eigenvalue weighted by Crippen LogP contribution is 2.14. The van der Waals surface area contributed by atoms with Gasteiger partial charge in [-0.25, -0.2) is 0 Å². The summed E-state index contributed by atoms with van der Waals surface area (Å²) in [7, 11) is 3.66. The molecule has 0 spiro atoms. The molecule has 0 unspecified atom stereocenters. The number of hydrogen-bond acceptors (Lipinski definition) is 4. The van der Waals surface area contributed by atoms with Crippen molar-refractivity contribution in [3.63, 3.8) is 0 Å². The topological polar surface area (TPSA) is 78.6 Å². The van der Waals surface area contributed by atoms with Gasteiger partial charge in [-0.2, -0.15) is 4.59 Å². The number of quaternary nitrogens is 1. The predicted octanol–water partition coefficient (Wildman–Crippen LogP) is 1.89. The zero-order chi connectivity index (χ0) is 16.2. The summed E-state index contributed by atoms with van der Waals surface area (Å²) < 4.78 is 0.153. The number of nitrogens with zero attached hydrogens (tertiary/aromatic N) is 3. The van der Waals surface area contributed by atoms with Gasteiger partial charge in [-0.15, -0.1) is 0 Å². The van der Waals surface area contributed by atoms with Crippen LogP contribution in [0.1, 0.15) is 11.1 Å². The number of rotatable bonds is 5. The normalized spacial score (nSPS) is 12.2. The fourth-order valence-electron chi connectivity index (χ4n) is 2.09. The van der Waals surface area contributed by atoms with E-state index in [1.54, 1.807) is 0 Å². The van der Waals surface area contributed by atoms with E-state index in [4.69, 9.17) is 0 Å². The van der Waals surface area contributed by atoms with Crippen LogP contribution in [0.5, 0.6) is 0 Å². The maximum atomic E-state index is 12.2. The third-order valence-electron chi connectivity index (χ3n) is 3.10. The Balaban J connectivity index is 2.17. The quantitative estimate of drug-likeness (QED) is 0.278. The van der Waals surface area contributed by atoms with Crippen molar-refractivity contribution in [1.29, 1.82) is 0 Å². The number of non-ortho nitro benzene ring substituents is 1. The van der Waals surface area contributed by atoms with Crippen LogP contribution < -0.4 is 5.11 Å². The van der Waals surface area contributed by atoms with Crippen LogP contribution in [0, 0.1) is 10.1 Å². The highest BCUT2D eigenvalue weighted by Gasteiger charge is 2.15. The summed E-state index contributed by atoms with van der Waals surface area (Å²) in [6.45, 7) is 0.583. The standard InChI is InChI=1S/C16H17N3O3/c1-19(2,12-13-6-4-3-5-7-13)17-16(20)14-8-10-15(11-9-14)18(21)22/h3-11H,12H2,1-2H3. The van der Waals surface area contributed by atoms with Gasteiger partial charge in [0.1, 0.15) is 6.54 Å². The molecule has 6 heteroatoms. The molecule has 0 aliphatic heterocycles. The molecule has 0 bridgehead atoms. The minimum absolute atomic E-state index is 0.0467. The summed E-state index contributed by atoms with van der Waals surface area (Å²) in [5.74, 6) is -0.393. The largest absolute Gasteiger partial charge is 0.855 e. The zero-order valence-corrected chi connectivity index (χ0v) is 12.5. The first-order chi connectivity index (χ1) is 10.4. The molecule has 0 saturated carbocycles. The van der Waals surface area contributed by atoms with Crippen LogP contribution in [-0.4, -0.2) is 29.5 Å². The van der Waals surface area contributed by atoms with E-state index < -0.39 is 10.8 Å². The first kappa shape index (κ1) is 15.7. The van der Waals surface area contributed by atoms with Crippen molar-refractivity contribution in [3.05, 3.63) is 75.8 Å². The van der Waals surface area contributed by atoms with E-state index in [1.165, 1.54) is 24.3 Å². The van der Waals surface area contributed by atoms with E-state index in [0.717, 1.165) is 5.56 Å². The molecule has 0 atom stereocenters. The lowest BCUT2D eigenvalue weighted by Crippen LogP contribution is -2.36. The van der Waals surface area contributed by atoms with Crippen LogP contribution in [-0.2, 0) is 6.54 Å². The third kappa shape index (κ3) is 4.13. The zero-order valence-electron chi connectivity index (χ0n) is 12.5. The molecule has 0 aromatic heterocycles. The smallest absolute Gasteiger partial charge is 0.269 e. The van der Waals surface area contributed by atoms with Gasteiger partial charge in [0.25, 0.3) is 5.69 Å². The fraction of sp³-hybridized carbons (Fsp3) is 0.188. The molecule has 0 fully saturated rings. The Labute approximate surface area is 128 Å². The Hall–Kier alpha value is -2.73. The Morgan fingerprint density at radius 2 is 1.68 bits per heavy atom. The van der Waals surface area contributed by atoms with Crippen LogP contribution in [0.15, 0.2) is 59.7 Å². The summed E-state index contributed by atoms with van der Waals surface area (Å²) in [6.07, 6.45) is 0. The fourth-order valence-corrected chi connectivity index (χ4v) is 2.09. The summed E-state index contributed by atoms with van der Waals surface area (Å²) in [5.41, 5.74) is 1.37. The Morgan fingerprint density at radius 3 is 2.23 bits per heavy atom. The van der Waals surface area contributed by atoms with Gasteiger partial charge in [0, 0.05) is 17.7 Å². The summed E-state index contributed by atoms with van der Waals surface area (Å²) in [6, 6.07) is 15.2. The molecule has 114 valence electrons. The van der Waals surface area contributed by atoms with Crippen LogP contribution >= 0.6 is 0 Å². The Bertz CT molecular complexity index is 680. The molecular weight excluding hydrogens is 282 g/mol. The van der Waals surface area contributed by atoms with Crippen molar-refractivity contribution < 1.29 is 14.6 Å². The van der Waals surface area contributed by atoms with E-state index in [-0.39, 0.29) is 10.3 Å². The summed E-state index contributed by atoms with van der Waals surface area (Å²) in [4.78, 5) is 10.1. The maximum absolute atomic E-state index is 12.2. The number of hydrogen-bond donors (Lipinski definition) is 0. The van der Waals surface area contributed by atoms with Crippen molar-refractivity contribution in [3.8, 4) is 0 Å². The van der Waals surface area contributed by atoms with Gasteiger partial charge in [0.2, 0.25) is 0 Å². The second-order valence-corrected chi connectivity index (χ2v) is 5.47. The molecule has 2 aromatic rings. The number of nitro groups is 1. The second kappa shape index (κ2) is 6.36. The van der Waals surface area contributed by atoms with Crippen LogP contribution in [0.2, 0.25) is 0 Å². The average Bonchev–Trinajstić information content (AvgIpc) is 2.47. The van der Waals surface area contributed by atoms with E-state index in [9.17, 15) is 15.2 Å². The SMILES string of the molecule is C[N+](C)(Cc1ccccc1)/N=C(\[O-])c1ccc([N+](=O)[O-])cc1. The van der Waals surface area contributed by atoms with Gasteiger partial charge in [0.05, 0.1) is 24.9 Å². The van der Waals surface area contributed by atoms with Crippen molar-refractivity contribution >= 4 is 11.6 Å². The summed E-state index contributed by atoms with van der Waals surface area (Å²) in [5, 5.41) is 27.0. The molecule has 0 radical (unpaired) electrons. The Morgan fingerprint density at radius 1 is 1.09 bits per heavy atom. The van der Waals surface area contributed by atoms with Crippen molar-refractivity contribution in [2.75, 3.05) is 14.1 Å². The lowest BCUT2D eigenvalue weighted by Gasteiger charge is -2.25. The average molecular weight is 299 g/mol. The van der Waals surface area contributed by atoms with E-state index in [1.807, 2.05) is 44.4 Å². The van der Waals surface area contributed by atoms with Gasteiger partial charge in [-0.1, -0.05) is 35.4 Å². The predicted molar refractivity (Wildman–Crippen MR) is 81.9 cm³/mol. The van der Waals surface area contributed by atoms with Gasteiger partial charge >= 0.3 is 0 Å². The molecule has 0 amide bonds. The van der Waals surface area contributed by atoms with Crippen LogP contribution in [0.3, 0.4) is 0 Å². The van der Waals surface area contributed by atoms with Crippen LogP contribution in [0.25, 0.3) is 0 Å². The first-order valence-corrected chi connectivity index (χ1v) is 6.76. The first-order valence-electron chi connectivity index (χ1n) is 6.76. The van der Waals surface area contributed by atoms with E-state index in [2.05, 4.69) is 5.10 Å². The highest BCUT2D eigenvalue weighted by molar-refractivity contribution is 5.90. The second-order valence-electron chi connectivity index (χ2n) is 5.47. The molecule has 0 heterocycles. The lowest BCUT2D eigenvalue weighted by molar-refractivity contribution is -0.911. The van der Waals surface area contributed by atoms with Crippen LogP contribution in [0.4, 0.5) is 5.69 Å². The molecular formula is C16H17N3O3. The van der Waals surface area contributed by atoms with Crippen molar-refractivity contribution in [2.24, 2.45) is 5.10 Å². The molecule has 22 heavy (non-hydrogen) atoms. The van der Waals surface area contributed by atoms with Crippen molar-refractivity contribution in [1.82, 2.24) is 0 Å². The summed E-state index contributed by atoms with van der Waals surface area (Å²) >= 11 is 0. The lowest BCUT2D eigenvalue weighted by atomic mass is 10.2. The highest BCUT2D eigenvalue weighted by atomic mass is 16.6. The Kier molecular flexibility index (Phi) is 4.53. The molecule has 2 rings (SSSR count). The number of nitro benzene ring substituents is 1. The van der Waals surface area contributed by atoms with Gasteiger partial charge < -0.3 is 5.11 Å². The van der Waals surface area contributed by atoms with E-state index in [0.29, 0.717) is 12.1 Å². The van der Waals surface area contributed by atoms with Gasteiger partial charge in [-0.05, 0) is 17.7 Å². The monoisotopic (exact) mass is 299 g/mol. The molecule has 0 aliphatic rings. The molecule has 0 aliphatic carbocycles. The molecule has 0 saturated heterocycles. The maximum Gasteiger partial charge on any atom is 0.269 e. The minimum atomic E-state index is -0.499.